The first kappa shape index (κ1) is 11.6. The zero-order valence-corrected chi connectivity index (χ0v) is 8.07. The van der Waals surface area contributed by atoms with Crippen LogP contribution in [0.2, 0.25) is 0 Å². The molecule has 0 radical (unpaired) electrons. The van der Waals surface area contributed by atoms with Crippen molar-refractivity contribution >= 4 is 18.5 Å². The monoisotopic (exact) mass is 186 g/mol. The molecule has 74 valence electrons. The predicted octanol–water partition coefficient (Wildman–Crippen LogP) is 1.15. The number of amidine groups is 1. The molecule has 0 amide bonds. The van der Waals surface area contributed by atoms with E-state index < -0.39 is 12.6 Å². The van der Waals surface area contributed by atoms with E-state index in [1.54, 1.807) is 0 Å². The molecule has 0 spiro atoms. The van der Waals surface area contributed by atoms with Gasteiger partial charge in [-0.25, -0.2) is 9.79 Å². The zero-order chi connectivity index (χ0) is 10.5. The molecule has 0 rings (SSSR count). The topological polar surface area (TPSA) is 71.2 Å². The summed E-state index contributed by atoms with van der Waals surface area (Å²) in [6.45, 7) is 8.49. The number of rotatable bonds is 3. The van der Waals surface area contributed by atoms with E-state index in [1.807, 2.05) is 20.8 Å². The Bertz CT molecular complexity index is 228. The largest absolute Gasteiger partial charge is 0.479 e. The minimum absolute atomic E-state index is 0.291. The van der Waals surface area contributed by atoms with Gasteiger partial charge < -0.3 is 9.94 Å². The highest BCUT2D eigenvalue weighted by Gasteiger charge is 2.18. The number of carbonyl (C=O) groups is 1. The minimum Gasteiger partial charge on any atom is -0.479 e. The van der Waals surface area contributed by atoms with Crippen LogP contribution in [0.15, 0.2) is 10.1 Å². The van der Waals surface area contributed by atoms with Crippen molar-refractivity contribution < 1.29 is 14.7 Å². The summed E-state index contributed by atoms with van der Waals surface area (Å²) in [7, 11) is 0. The Hall–Kier alpha value is -1.39. The van der Waals surface area contributed by atoms with Crippen LogP contribution < -0.4 is 0 Å². The van der Waals surface area contributed by atoms with Crippen molar-refractivity contribution in [2.24, 2.45) is 15.6 Å². The van der Waals surface area contributed by atoms with Gasteiger partial charge in [-0.15, -0.1) is 0 Å². The van der Waals surface area contributed by atoms with Crippen LogP contribution in [0.1, 0.15) is 20.8 Å². The highest BCUT2D eigenvalue weighted by Crippen LogP contribution is 2.16. The normalized spacial score (nSPS) is 12.4. The first-order valence-corrected chi connectivity index (χ1v) is 3.77. The molecule has 0 aromatic carbocycles. The van der Waals surface area contributed by atoms with Gasteiger partial charge in [-0.2, -0.15) is 0 Å². The number of aliphatic carboxylic acids is 1. The van der Waals surface area contributed by atoms with E-state index in [1.165, 1.54) is 0 Å². The van der Waals surface area contributed by atoms with E-state index in [0.717, 1.165) is 0 Å². The average molecular weight is 186 g/mol. The van der Waals surface area contributed by atoms with Crippen molar-refractivity contribution in [1.82, 2.24) is 0 Å². The molecule has 1 N–H and O–H groups in total. The summed E-state index contributed by atoms with van der Waals surface area (Å²) in [5.41, 5.74) is -0.291. The van der Waals surface area contributed by atoms with Crippen molar-refractivity contribution in [1.29, 1.82) is 0 Å². The fraction of sp³-hybridized carbons (Fsp3) is 0.625. The van der Waals surface area contributed by atoms with Gasteiger partial charge in [0, 0.05) is 5.41 Å². The summed E-state index contributed by atoms with van der Waals surface area (Å²) in [6.07, 6.45) is 0. The van der Waals surface area contributed by atoms with E-state index in [4.69, 9.17) is 5.11 Å². The lowest BCUT2D eigenvalue weighted by Crippen LogP contribution is -2.19. The van der Waals surface area contributed by atoms with Gasteiger partial charge in [0.25, 0.3) is 0 Å². The number of carboxylic acids is 1. The van der Waals surface area contributed by atoms with Gasteiger partial charge in [0.15, 0.2) is 5.84 Å². The molecule has 0 atom stereocenters. The second-order valence-electron chi connectivity index (χ2n) is 3.49. The standard InChI is InChI=1S/C8H14N2O3/c1-8(2,3)7(9-4)10-13-5-6(11)12/h4-5H2,1-3H3,(H,11,12)/b10-7-. The fourth-order valence-corrected chi connectivity index (χ4v) is 0.552. The van der Waals surface area contributed by atoms with Gasteiger partial charge in [0.2, 0.25) is 6.61 Å². The van der Waals surface area contributed by atoms with Gasteiger partial charge >= 0.3 is 5.97 Å². The molecule has 13 heavy (non-hydrogen) atoms. The smallest absolute Gasteiger partial charge is 0.344 e. The maximum atomic E-state index is 10.1. The molecule has 0 unspecified atom stereocenters. The maximum absolute atomic E-state index is 10.1. The number of hydrogen-bond donors (Lipinski definition) is 1. The molecule has 0 saturated carbocycles. The minimum atomic E-state index is -1.07. The Balaban J connectivity index is 4.25. The summed E-state index contributed by atoms with van der Waals surface area (Å²) >= 11 is 0. The van der Waals surface area contributed by atoms with Crippen LogP contribution in [0.25, 0.3) is 0 Å². The Labute approximate surface area is 77.1 Å². The molecule has 0 aliphatic rings. The fourth-order valence-electron chi connectivity index (χ4n) is 0.552. The molecule has 0 fully saturated rings. The SMILES string of the molecule is C=N/C(=N\OCC(=O)O)C(C)(C)C. The van der Waals surface area contributed by atoms with E-state index in [0.29, 0.717) is 5.84 Å². The predicted molar refractivity (Wildman–Crippen MR) is 50.0 cm³/mol. The second-order valence-corrected chi connectivity index (χ2v) is 3.49. The highest BCUT2D eigenvalue weighted by atomic mass is 16.6. The van der Waals surface area contributed by atoms with Crippen molar-refractivity contribution in [3.8, 4) is 0 Å². The number of hydrogen-bond acceptors (Lipinski definition) is 3. The molecule has 0 aromatic heterocycles. The molecular weight excluding hydrogens is 172 g/mol. The van der Waals surface area contributed by atoms with Crippen LogP contribution in [0.5, 0.6) is 0 Å². The van der Waals surface area contributed by atoms with E-state index in [9.17, 15) is 4.79 Å². The summed E-state index contributed by atoms with van der Waals surface area (Å²) in [5.74, 6) is -0.685. The summed E-state index contributed by atoms with van der Waals surface area (Å²) in [4.78, 5) is 18.2. The zero-order valence-electron chi connectivity index (χ0n) is 8.07. The van der Waals surface area contributed by atoms with Crippen molar-refractivity contribution in [3.05, 3.63) is 0 Å². The van der Waals surface area contributed by atoms with Crippen LogP contribution in [0.3, 0.4) is 0 Å². The number of aliphatic imine (C=N–C) groups is 1. The third-order valence-electron chi connectivity index (χ3n) is 1.16. The molecular formula is C8H14N2O3. The van der Waals surface area contributed by atoms with Crippen LogP contribution in [0, 0.1) is 5.41 Å². The summed E-state index contributed by atoms with van der Waals surface area (Å²) in [5, 5.41) is 11.8. The Kier molecular flexibility index (Phi) is 4.10. The van der Waals surface area contributed by atoms with Gasteiger partial charge in [-0.05, 0) is 6.72 Å². The molecule has 0 heterocycles. The quantitative estimate of drug-likeness (QED) is 0.408. The van der Waals surface area contributed by atoms with Crippen LogP contribution >= 0.6 is 0 Å². The van der Waals surface area contributed by atoms with Gasteiger partial charge in [-0.1, -0.05) is 25.9 Å². The molecule has 0 saturated heterocycles. The average Bonchev–Trinajstić information content (AvgIpc) is 1.95. The van der Waals surface area contributed by atoms with E-state index in [-0.39, 0.29) is 5.41 Å². The third kappa shape index (κ3) is 4.95. The van der Waals surface area contributed by atoms with E-state index in [2.05, 4.69) is 21.7 Å². The Morgan fingerprint density at radius 1 is 1.54 bits per heavy atom. The molecule has 0 aliphatic heterocycles. The van der Waals surface area contributed by atoms with Crippen molar-refractivity contribution in [3.63, 3.8) is 0 Å². The lowest BCUT2D eigenvalue weighted by molar-refractivity contribution is -0.142. The van der Waals surface area contributed by atoms with Crippen molar-refractivity contribution in [2.45, 2.75) is 20.8 Å². The Morgan fingerprint density at radius 3 is 2.38 bits per heavy atom. The number of nitrogens with zero attached hydrogens (tertiary/aromatic N) is 2. The molecule has 0 aliphatic carbocycles. The lowest BCUT2D eigenvalue weighted by Gasteiger charge is -2.15. The van der Waals surface area contributed by atoms with Gasteiger partial charge in [0.05, 0.1) is 0 Å². The van der Waals surface area contributed by atoms with E-state index >= 15 is 0 Å². The van der Waals surface area contributed by atoms with Crippen LogP contribution in [0.4, 0.5) is 0 Å². The van der Waals surface area contributed by atoms with Gasteiger partial charge in [-0.3, -0.25) is 0 Å². The van der Waals surface area contributed by atoms with Crippen LogP contribution in [-0.4, -0.2) is 30.2 Å². The summed E-state index contributed by atoms with van der Waals surface area (Å²) < 4.78 is 0. The molecule has 0 aromatic rings. The first-order valence-electron chi connectivity index (χ1n) is 3.77. The molecule has 5 heteroatoms. The lowest BCUT2D eigenvalue weighted by atomic mass is 9.95. The molecule has 5 nitrogen and oxygen atoms in total. The first-order chi connectivity index (χ1) is 5.88. The number of carboxylic acid groups (broad SMARTS) is 1. The summed E-state index contributed by atoms with van der Waals surface area (Å²) in [6, 6.07) is 0. The van der Waals surface area contributed by atoms with Crippen molar-refractivity contribution in [2.75, 3.05) is 6.61 Å². The molecule has 0 bridgehead atoms. The maximum Gasteiger partial charge on any atom is 0.344 e. The Morgan fingerprint density at radius 2 is 2.08 bits per heavy atom. The number of oxime groups is 1. The van der Waals surface area contributed by atoms with Gasteiger partial charge in [0.1, 0.15) is 0 Å². The second kappa shape index (κ2) is 4.59. The van der Waals surface area contributed by atoms with Crippen LogP contribution in [-0.2, 0) is 9.63 Å². The third-order valence-corrected chi connectivity index (χ3v) is 1.16. The highest BCUT2D eigenvalue weighted by molar-refractivity contribution is 5.90.